The van der Waals surface area contributed by atoms with Gasteiger partial charge in [-0.3, -0.25) is 14.4 Å². The van der Waals surface area contributed by atoms with Crippen LogP contribution in [0.1, 0.15) is 51.8 Å². The van der Waals surface area contributed by atoms with E-state index in [1.165, 1.54) is 20.8 Å². The van der Waals surface area contributed by atoms with E-state index >= 15 is 0 Å². The average molecular weight is 438 g/mol. The minimum atomic E-state index is -0.755. The van der Waals surface area contributed by atoms with Gasteiger partial charge in [0.15, 0.2) is 17.3 Å². The van der Waals surface area contributed by atoms with Crippen LogP contribution < -0.4 is 16.4 Å². The van der Waals surface area contributed by atoms with Crippen LogP contribution in [0.2, 0.25) is 0 Å². The molecule has 0 aromatic heterocycles. The lowest BCUT2D eigenvalue weighted by molar-refractivity contribution is 0.100. The predicted molar refractivity (Wildman–Crippen MR) is 129 cm³/mol. The normalized spacial score (nSPS) is 13.7. The van der Waals surface area contributed by atoms with Gasteiger partial charge in [-0.2, -0.15) is 0 Å². The molecule has 162 valence electrons. The molecule has 1 fully saturated rings. The molecule has 0 amide bonds. The Morgan fingerprint density at radius 2 is 0.667 bits per heavy atom. The highest BCUT2D eigenvalue weighted by Gasteiger charge is 2.43. The molecule has 33 heavy (non-hydrogen) atoms. The molecule has 0 atom stereocenters. The number of benzene rings is 3. The molecule has 1 heterocycles. The van der Waals surface area contributed by atoms with Crippen LogP contribution in [0.3, 0.4) is 0 Å². The van der Waals surface area contributed by atoms with E-state index in [1.807, 2.05) is 0 Å². The molecule has 1 aliphatic rings. The number of ketones is 3. The van der Waals surface area contributed by atoms with Gasteiger partial charge in [0.2, 0.25) is 0 Å². The Hall–Kier alpha value is -3.26. The third-order valence-electron chi connectivity index (χ3n) is 5.51. The van der Waals surface area contributed by atoms with E-state index < -0.39 is 21.4 Å². The van der Waals surface area contributed by atoms with Crippen LogP contribution in [0, 0.1) is 0 Å². The zero-order valence-corrected chi connectivity index (χ0v) is 18.6. The zero-order chi connectivity index (χ0) is 23.5. The summed E-state index contributed by atoms with van der Waals surface area (Å²) < 4.78 is 18.3. The summed E-state index contributed by atoms with van der Waals surface area (Å²) in [5.74, 6) is -0.0771. The summed E-state index contributed by atoms with van der Waals surface area (Å²) in [6.07, 6.45) is 0. The Balaban J connectivity index is 1.65. The first-order chi connectivity index (χ1) is 15.8. The Morgan fingerprint density at radius 3 is 0.848 bits per heavy atom. The number of hydrogen-bond donors (Lipinski definition) is 0. The van der Waals surface area contributed by atoms with Gasteiger partial charge in [0.05, 0.1) is 0 Å². The molecule has 0 radical (unpaired) electrons. The van der Waals surface area contributed by atoms with Gasteiger partial charge in [-0.1, -0.05) is 72.8 Å². The van der Waals surface area contributed by atoms with Crippen LogP contribution in [0.4, 0.5) is 0 Å². The molecule has 0 unspecified atom stereocenters. The summed E-state index contributed by atoms with van der Waals surface area (Å²) in [4.78, 5) is 34.9. The molecule has 0 spiro atoms. The van der Waals surface area contributed by atoms with Crippen molar-refractivity contribution < 1.29 is 28.1 Å². The third kappa shape index (κ3) is 5.22. The fraction of sp³-hybridized carbons (Fsp3) is 0.125. The van der Waals surface area contributed by atoms with Crippen molar-refractivity contribution in [2.75, 3.05) is 0 Å². The highest BCUT2D eigenvalue weighted by molar-refractivity contribution is 6.87. The summed E-state index contributed by atoms with van der Waals surface area (Å²) in [5, 5.41) is 0. The zero-order valence-electron chi connectivity index (χ0n) is 18.6. The summed E-state index contributed by atoms with van der Waals surface area (Å²) in [5.41, 5.74) is 3.99. The van der Waals surface area contributed by atoms with E-state index in [1.54, 1.807) is 72.8 Å². The minimum absolute atomic E-state index is 0.0257. The SMILES string of the molecule is CC(=O)c1ccc(B2OB(c3ccc(C(C)=O)cc3)OB(c3ccc(C(C)=O)cc3)O2)cc1. The molecule has 0 saturated carbocycles. The Labute approximate surface area is 193 Å². The molecule has 4 rings (SSSR count). The van der Waals surface area contributed by atoms with Crippen molar-refractivity contribution in [1.82, 2.24) is 0 Å². The monoisotopic (exact) mass is 438 g/mol. The fourth-order valence-electron chi connectivity index (χ4n) is 3.53. The predicted octanol–water partition coefficient (Wildman–Crippen LogP) is 1.84. The quantitative estimate of drug-likeness (QED) is 0.432. The molecule has 1 saturated heterocycles. The van der Waals surface area contributed by atoms with Gasteiger partial charge in [0.1, 0.15) is 0 Å². The first-order valence-electron chi connectivity index (χ1n) is 10.6. The number of carbonyl (C=O) groups excluding carboxylic acids is 3. The first kappa shape index (κ1) is 22.9. The smallest absolute Gasteiger partial charge is 0.445 e. The Bertz CT molecular complexity index is 1020. The van der Waals surface area contributed by atoms with E-state index in [0.717, 1.165) is 16.4 Å². The van der Waals surface area contributed by atoms with E-state index in [4.69, 9.17) is 13.7 Å². The number of carbonyl (C=O) groups is 3. The minimum Gasteiger partial charge on any atom is -0.445 e. The lowest BCUT2D eigenvalue weighted by atomic mass is 9.61. The van der Waals surface area contributed by atoms with Crippen LogP contribution in [0.25, 0.3) is 0 Å². The van der Waals surface area contributed by atoms with Crippen molar-refractivity contribution in [3.63, 3.8) is 0 Å². The maximum atomic E-state index is 11.6. The van der Waals surface area contributed by atoms with E-state index in [9.17, 15) is 14.4 Å². The topological polar surface area (TPSA) is 78.9 Å². The molecule has 0 N–H and O–H groups in total. The molecule has 1 aliphatic heterocycles. The van der Waals surface area contributed by atoms with Gasteiger partial charge in [-0.25, -0.2) is 0 Å². The summed E-state index contributed by atoms with van der Waals surface area (Å²) in [7, 11) is -2.26. The standard InChI is InChI=1S/C24H21B3O6/c1-16(28)19-4-10-22(11-5-19)25-31-26(23-12-6-20(7-13-23)17(2)29)33-27(32-25)24-14-8-21(9-15-24)18(3)30/h4-15H,1-3H3. The lowest BCUT2D eigenvalue weighted by Crippen LogP contribution is -2.61. The Kier molecular flexibility index (Phi) is 6.74. The molecule has 9 heteroatoms. The van der Waals surface area contributed by atoms with Crippen LogP contribution in [-0.2, 0) is 13.7 Å². The maximum Gasteiger partial charge on any atom is 0.467 e. The van der Waals surface area contributed by atoms with Crippen LogP contribution in [0.15, 0.2) is 72.8 Å². The summed E-state index contributed by atoms with van der Waals surface area (Å²) >= 11 is 0. The molecule has 6 nitrogen and oxygen atoms in total. The number of Topliss-reactive ketones (excluding diaryl/α,β-unsaturated/α-hetero) is 3. The second-order valence-corrected chi connectivity index (χ2v) is 7.94. The molecular formula is C24H21B3O6. The Morgan fingerprint density at radius 1 is 0.455 bits per heavy atom. The third-order valence-corrected chi connectivity index (χ3v) is 5.51. The second-order valence-electron chi connectivity index (χ2n) is 7.94. The van der Waals surface area contributed by atoms with Gasteiger partial charge in [-0.05, 0) is 37.2 Å². The summed E-state index contributed by atoms with van der Waals surface area (Å²) in [6, 6.07) is 21.1. The van der Waals surface area contributed by atoms with Crippen molar-refractivity contribution in [1.29, 1.82) is 0 Å². The van der Waals surface area contributed by atoms with E-state index in [2.05, 4.69) is 0 Å². The lowest BCUT2D eigenvalue weighted by Gasteiger charge is -2.31. The van der Waals surface area contributed by atoms with E-state index in [-0.39, 0.29) is 17.3 Å². The van der Waals surface area contributed by atoms with Crippen molar-refractivity contribution in [3.8, 4) is 0 Å². The molecule has 3 aromatic carbocycles. The first-order valence-corrected chi connectivity index (χ1v) is 10.6. The van der Waals surface area contributed by atoms with Gasteiger partial charge in [0.25, 0.3) is 0 Å². The van der Waals surface area contributed by atoms with Gasteiger partial charge < -0.3 is 13.7 Å². The van der Waals surface area contributed by atoms with Gasteiger partial charge in [-0.15, -0.1) is 0 Å². The summed E-state index contributed by atoms with van der Waals surface area (Å²) in [6.45, 7) is 4.54. The number of rotatable bonds is 6. The molecule has 0 bridgehead atoms. The van der Waals surface area contributed by atoms with Crippen molar-refractivity contribution in [2.45, 2.75) is 20.8 Å². The van der Waals surface area contributed by atoms with Crippen molar-refractivity contribution in [2.24, 2.45) is 0 Å². The van der Waals surface area contributed by atoms with Crippen LogP contribution >= 0.6 is 0 Å². The van der Waals surface area contributed by atoms with Crippen LogP contribution in [-0.4, -0.2) is 38.7 Å². The molecule has 0 aliphatic carbocycles. The number of hydrogen-bond acceptors (Lipinski definition) is 6. The van der Waals surface area contributed by atoms with Gasteiger partial charge in [0, 0.05) is 16.7 Å². The molecular weight excluding hydrogens is 417 g/mol. The van der Waals surface area contributed by atoms with Crippen LogP contribution in [0.5, 0.6) is 0 Å². The maximum absolute atomic E-state index is 11.6. The highest BCUT2D eigenvalue weighted by atomic mass is 16.7. The largest absolute Gasteiger partial charge is 0.467 e. The average Bonchev–Trinajstić information content (AvgIpc) is 2.84. The van der Waals surface area contributed by atoms with Crippen molar-refractivity contribution >= 4 is 55.1 Å². The molecule has 3 aromatic rings. The second kappa shape index (κ2) is 9.71. The fourth-order valence-corrected chi connectivity index (χ4v) is 3.53. The van der Waals surface area contributed by atoms with E-state index in [0.29, 0.717) is 16.7 Å². The van der Waals surface area contributed by atoms with Crippen molar-refractivity contribution in [3.05, 3.63) is 89.5 Å². The highest BCUT2D eigenvalue weighted by Crippen LogP contribution is 2.12. The van der Waals surface area contributed by atoms with Gasteiger partial charge >= 0.3 is 21.4 Å².